The van der Waals surface area contributed by atoms with Gasteiger partial charge in [0.15, 0.2) is 0 Å². The Labute approximate surface area is 239 Å². The van der Waals surface area contributed by atoms with Gasteiger partial charge >= 0.3 is 0 Å². The van der Waals surface area contributed by atoms with Crippen LogP contribution >= 0.6 is 15.9 Å². The molecule has 208 valence electrons. The monoisotopic (exact) mass is 615 g/mol. The Morgan fingerprint density at radius 3 is 2.15 bits per heavy atom. The molecular weight excluding hydrogens is 582 g/mol. The van der Waals surface area contributed by atoms with Crippen LogP contribution in [0.2, 0.25) is 0 Å². The van der Waals surface area contributed by atoms with Crippen molar-refractivity contribution < 1.29 is 22.7 Å². The summed E-state index contributed by atoms with van der Waals surface area (Å²) in [5.74, 6) is -0.572. The van der Waals surface area contributed by atoms with Gasteiger partial charge in [-0.05, 0) is 69.7 Å². The van der Waals surface area contributed by atoms with Gasteiger partial charge in [0, 0.05) is 17.1 Å². The van der Waals surface area contributed by atoms with E-state index in [1.165, 1.54) is 24.1 Å². The molecule has 0 aliphatic heterocycles. The maximum atomic E-state index is 14.0. The number of nitrogens with one attached hydrogen (secondary N) is 1. The molecule has 0 radical (unpaired) electrons. The first-order chi connectivity index (χ1) is 18.4. The normalized spacial score (nSPS) is 12.1. The smallest absolute Gasteiger partial charge is 0.264 e. The minimum absolute atomic E-state index is 0.0388. The van der Waals surface area contributed by atoms with E-state index < -0.39 is 28.5 Å². The van der Waals surface area contributed by atoms with E-state index >= 15 is 0 Å². The fourth-order valence-corrected chi connectivity index (χ4v) is 5.65. The highest BCUT2D eigenvalue weighted by Crippen LogP contribution is 2.32. The van der Waals surface area contributed by atoms with Crippen molar-refractivity contribution in [2.24, 2.45) is 0 Å². The molecule has 0 saturated carbocycles. The first-order valence-corrected chi connectivity index (χ1v) is 14.7. The lowest BCUT2D eigenvalue weighted by Gasteiger charge is -2.32. The molecule has 8 nitrogen and oxygen atoms in total. The molecule has 0 saturated heterocycles. The number of carbonyl (C=O) groups excluding carboxylic acids is 2. The predicted molar refractivity (Wildman–Crippen MR) is 156 cm³/mol. The largest absolute Gasteiger partial charge is 0.495 e. The Kier molecular flexibility index (Phi) is 10.2. The Morgan fingerprint density at radius 1 is 0.949 bits per heavy atom. The van der Waals surface area contributed by atoms with Crippen LogP contribution in [0.15, 0.2) is 82.2 Å². The molecule has 2 amide bonds. The second-order valence-corrected chi connectivity index (χ2v) is 12.3. The second-order valence-electron chi connectivity index (χ2n) is 9.48. The van der Waals surface area contributed by atoms with Gasteiger partial charge in [0.25, 0.3) is 10.0 Å². The first kappa shape index (κ1) is 30.2. The summed E-state index contributed by atoms with van der Waals surface area (Å²) in [5, 5.41) is 2.85. The van der Waals surface area contributed by atoms with E-state index in [0.29, 0.717) is 5.75 Å². The van der Waals surface area contributed by atoms with Crippen LogP contribution in [0.4, 0.5) is 5.69 Å². The highest BCUT2D eigenvalue weighted by Gasteiger charge is 2.33. The summed E-state index contributed by atoms with van der Waals surface area (Å²) in [6, 6.07) is 19.4. The number of hydrogen-bond acceptors (Lipinski definition) is 5. The quantitative estimate of drug-likeness (QED) is 0.331. The van der Waals surface area contributed by atoms with Crippen molar-refractivity contribution >= 4 is 43.5 Å². The number of aryl methyl sites for hydroxylation is 1. The topological polar surface area (TPSA) is 96.0 Å². The number of halogens is 1. The van der Waals surface area contributed by atoms with Gasteiger partial charge in [-0.2, -0.15) is 0 Å². The third-order valence-electron chi connectivity index (χ3n) is 6.11. The minimum atomic E-state index is -4.18. The summed E-state index contributed by atoms with van der Waals surface area (Å²) >= 11 is 3.41. The number of methoxy groups -OCH3 is 1. The zero-order valence-electron chi connectivity index (χ0n) is 22.7. The number of rotatable bonds is 11. The van der Waals surface area contributed by atoms with Gasteiger partial charge in [-0.15, -0.1) is 0 Å². The van der Waals surface area contributed by atoms with Crippen molar-refractivity contribution in [3.05, 3.63) is 88.4 Å². The maximum absolute atomic E-state index is 14.0. The molecule has 0 fully saturated rings. The van der Waals surface area contributed by atoms with Gasteiger partial charge in [-0.3, -0.25) is 13.9 Å². The fourth-order valence-electron chi connectivity index (χ4n) is 3.96. The van der Waals surface area contributed by atoms with Crippen LogP contribution in [-0.4, -0.2) is 50.9 Å². The van der Waals surface area contributed by atoms with Crippen LogP contribution in [0.3, 0.4) is 0 Å². The molecule has 3 aromatic carbocycles. The van der Waals surface area contributed by atoms with Crippen LogP contribution in [-0.2, 0) is 26.2 Å². The zero-order valence-corrected chi connectivity index (χ0v) is 25.1. The number of amides is 2. The van der Waals surface area contributed by atoms with Crippen LogP contribution in [0, 0.1) is 6.92 Å². The van der Waals surface area contributed by atoms with Crippen molar-refractivity contribution in [3.63, 3.8) is 0 Å². The van der Waals surface area contributed by atoms with Crippen molar-refractivity contribution in [1.82, 2.24) is 10.2 Å². The first-order valence-electron chi connectivity index (χ1n) is 12.5. The Hall–Kier alpha value is -3.37. The van der Waals surface area contributed by atoms with Crippen LogP contribution in [0.25, 0.3) is 0 Å². The second kappa shape index (κ2) is 13.1. The summed E-state index contributed by atoms with van der Waals surface area (Å²) in [6.45, 7) is 6.75. The molecule has 10 heteroatoms. The summed E-state index contributed by atoms with van der Waals surface area (Å²) in [5.41, 5.74) is 1.91. The van der Waals surface area contributed by atoms with Gasteiger partial charge in [-0.25, -0.2) is 8.42 Å². The highest BCUT2D eigenvalue weighted by atomic mass is 79.9. The van der Waals surface area contributed by atoms with Gasteiger partial charge < -0.3 is 15.0 Å². The number of para-hydroxylation sites is 2. The standard InChI is InChI=1S/C29H34BrN3O5S/c1-20(2)31-29(35)22(4)32(18-23-12-14-24(30)15-13-23)28(34)19-33(26-8-6-7-9-27(26)38-5)39(36,37)25-16-10-21(3)11-17-25/h6-17,20,22H,18-19H2,1-5H3,(H,31,35)/t22-/m0/s1. The molecule has 0 bridgehead atoms. The number of sulfonamides is 1. The van der Waals surface area contributed by atoms with E-state index in [4.69, 9.17) is 4.74 Å². The summed E-state index contributed by atoms with van der Waals surface area (Å²) in [7, 11) is -2.74. The molecule has 0 unspecified atom stereocenters. The molecule has 1 atom stereocenters. The number of carbonyl (C=O) groups is 2. The molecule has 39 heavy (non-hydrogen) atoms. The fraction of sp³-hybridized carbons (Fsp3) is 0.310. The SMILES string of the molecule is COc1ccccc1N(CC(=O)N(Cc1ccc(Br)cc1)[C@@H](C)C(=O)NC(C)C)S(=O)(=O)c1ccc(C)cc1. The van der Waals surface area contributed by atoms with E-state index in [9.17, 15) is 18.0 Å². The number of anilines is 1. The number of benzene rings is 3. The summed E-state index contributed by atoms with van der Waals surface area (Å²) in [4.78, 5) is 28.4. The lowest BCUT2D eigenvalue weighted by Crippen LogP contribution is -2.52. The minimum Gasteiger partial charge on any atom is -0.495 e. The van der Waals surface area contributed by atoms with Crippen molar-refractivity contribution in [1.29, 1.82) is 0 Å². The highest BCUT2D eigenvalue weighted by molar-refractivity contribution is 9.10. The van der Waals surface area contributed by atoms with Crippen molar-refractivity contribution in [2.45, 2.75) is 51.2 Å². The third kappa shape index (κ3) is 7.60. The maximum Gasteiger partial charge on any atom is 0.264 e. The van der Waals surface area contributed by atoms with Crippen LogP contribution in [0.1, 0.15) is 31.9 Å². The van der Waals surface area contributed by atoms with Crippen LogP contribution in [0.5, 0.6) is 5.75 Å². The Morgan fingerprint density at radius 2 is 1.56 bits per heavy atom. The van der Waals surface area contributed by atoms with E-state index in [2.05, 4.69) is 21.2 Å². The zero-order chi connectivity index (χ0) is 28.7. The summed E-state index contributed by atoms with van der Waals surface area (Å²) < 4.78 is 35.2. The Bertz CT molecular complexity index is 1390. The van der Waals surface area contributed by atoms with Crippen molar-refractivity contribution in [2.75, 3.05) is 18.0 Å². The Balaban J connectivity index is 2.06. The van der Waals surface area contributed by atoms with Gasteiger partial charge in [-0.1, -0.05) is 57.9 Å². The van der Waals surface area contributed by atoms with E-state index in [1.54, 1.807) is 43.3 Å². The van der Waals surface area contributed by atoms with E-state index in [1.807, 2.05) is 45.0 Å². The molecule has 0 aromatic heterocycles. The molecule has 3 rings (SSSR count). The van der Waals surface area contributed by atoms with E-state index in [-0.39, 0.29) is 29.1 Å². The number of ether oxygens (including phenoxy) is 1. The average molecular weight is 617 g/mol. The molecular formula is C29H34BrN3O5S. The molecule has 0 aliphatic carbocycles. The lowest BCUT2D eigenvalue weighted by atomic mass is 10.1. The van der Waals surface area contributed by atoms with Gasteiger partial charge in [0.1, 0.15) is 18.3 Å². The molecule has 1 N–H and O–H groups in total. The molecule has 0 spiro atoms. The van der Waals surface area contributed by atoms with Crippen molar-refractivity contribution in [3.8, 4) is 5.75 Å². The predicted octanol–water partition coefficient (Wildman–Crippen LogP) is 4.90. The lowest BCUT2D eigenvalue weighted by molar-refractivity contribution is -0.139. The van der Waals surface area contributed by atoms with Gasteiger partial charge in [0.05, 0.1) is 17.7 Å². The molecule has 3 aromatic rings. The average Bonchev–Trinajstić information content (AvgIpc) is 2.90. The van der Waals surface area contributed by atoms with Crippen LogP contribution < -0.4 is 14.4 Å². The summed E-state index contributed by atoms with van der Waals surface area (Å²) in [6.07, 6.45) is 0. The number of nitrogens with zero attached hydrogens (tertiary/aromatic N) is 2. The molecule has 0 aliphatic rings. The molecule has 0 heterocycles. The third-order valence-corrected chi connectivity index (χ3v) is 8.41. The number of hydrogen-bond donors (Lipinski definition) is 1. The van der Waals surface area contributed by atoms with Gasteiger partial charge in [0.2, 0.25) is 11.8 Å². The van der Waals surface area contributed by atoms with E-state index in [0.717, 1.165) is 19.9 Å².